The van der Waals surface area contributed by atoms with Gasteiger partial charge in [-0.15, -0.1) is 10.2 Å². The highest BCUT2D eigenvalue weighted by Gasteiger charge is 2.22. The fraction of sp³-hybridized carbons (Fsp3) is 0.0870. The number of carbonyl (C=O) groups excluding carboxylic acids is 1. The maximum atomic E-state index is 13.0. The van der Waals surface area contributed by atoms with E-state index in [1.54, 1.807) is 37.3 Å². The fourth-order valence-corrected chi connectivity index (χ4v) is 5.57. The van der Waals surface area contributed by atoms with Gasteiger partial charge in [-0.05, 0) is 61.4 Å². The third-order valence-corrected chi connectivity index (χ3v) is 7.84. The molecule has 0 unspecified atom stereocenters. The van der Waals surface area contributed by atoms with E-state index in [4.69, 9.17) is 23.2 Å². The van der Waals surface area contributed by atoms with Crippen LogP contribution in [0.5, 0.6) is 0 Å². The van der Waals surface area contributed by atoms with E-state index in [1.165, 1.54) is 29.5 Å². The number of rotatable bonds is 6. The number of anilines is 2. The number of amides is 1. The summed E-state index contributed by atoms with van der Waals surface area (Å²) in [6.07, 6.45) is 0. The zero-order valence-corrected chi connectivity index (χ0v) is 21.1. The van der Waals surface area contributed by atoms with Crippen molar-refractivity contribution in [2.24, 2.45) is 0 Å². The Labute approximate surface area is 210 Å². The molecule has 2 N–H and O–H groups in total. The van der Waals surface area contributed by atoms with Gasteiger partial charge in [-0.3, -0.25) is 14.8 Å². The lowest BCUT2D eigenvalue weighted by molar-refractivity contribution is 0.102. The van der Waals surface area contributed by atoms with Crippen molar-refractivity contribution in [1.82, 2.24) is 10.2 Å². The summed E-state index contributed by atoms with van der Waals surface area (Å²) in [6.45, 7) is 3.66. The number of aromatic nitrogens is 2. The minimum atomic E-state index is -4.05. The van der Waals surface area contributed by atoms with Crippen LogP contribution >= 0.6 is 34.5 Å². The van der Waals surface area contributed by atoms with Crippen LogP contribution < -0.4 is 10.0 Å². The molecule has 0 aliphatic rings. The number of nitrogens with one attached hydrogen (secondary N) is 2. The highest BCUT2D eigenvalue weighted by atomic mass is 35.5. The molecule has 34 heavy (non-hydrogen) atoms. The summed E-state index contributed by atoms with van der Waals surface area (Å²) in [5, 5.41) is 12.2. The van der Waals surface area contributed by atoms with Crippen LogP contribution in [0.3, 0.4) is 0 Å². The zero-order chi connectivity index (χ0) is 24.5. The lowest BCUT2D eigenvalue weighted by atomic mass is 10.1. The van der Waals surface area contributed by atoms with Crippen LogP contribution in [-0.2, 0) is 10.0 Å². The molecule has 1 heterocycles. The molecular weight excluding hydrogens is 515 g/mol. The molecule has 0 radical (unpaired) electrons. The monoisotopic (exact) mass is 532 g/mol. The average molecular weight is 533 g/mol. The second-order valence-corrected chi connectivity index (χ2v) is 10.9. The van der Waals surface area contributed by atoms with Crippen molar-refractivity contribution in [1.29, 1.82) is 0 Å². The molecule has 0 aliphatic carbocycles. The Balaban J connectivity index is 1.56. The number of carbonyl (C=O) groups is 1. The third-order valence-electron chi connectivity index (χ3n) is 4.86. The molecule has 0 spiro atoms. The number of nitrogens with zero attached hydrogens (tertiary/aromatic N) is 2. The Kier molecular flexibility index (Phi) is 6.90. The van der Waals surface area contributed by atoms with E-state index < -0.39 is 15.9 Å². The van der Waals surface area contributed by atoms with Crippen LogP contribution in [0.2, 0.25) is 10.0 Å². The van der Waals surface area contributed by atoms with Gasteiger partial charge in [-0.25, -0.2) is 8.42 Å². The second kappa shape index (κ2) is 9.71. The molecule has 4 aromatic rings. The van der Waals surface area contributed by atoms with E-state index in [0.717, 1.165) is 16.7 Å². The highest BCUT2D eigenvalue weighted by Crippen LogP contribution is 2.29. The number of halogens is 2. The van der Waals surface area contributed by atoms with Gasteiger partial charge in [-0.2, -0.15) is 0 Å². The van der Waals surface area contributed by atoms with E-state index in [9.17, 15) is 13.2 Å². The SMILES string of the molecule is Cc1ccc(C)c(NS(=O)(=O)c2cc(C(=O)Nc3nnc(-c4ccc(Cl)cc4)s3)ccc2Cl)c1. The van der Waals surface area contributed by atoms with Crippen molar-refractivity contribution in [2.45, 2.75) is 18.7 Å². The molecule has 3 aromatic carbocycles. The number of hydrogen-bond donors (Lipinski definition) is 2. The van der Waals surface area contributed by atoms with Crippen LogP contribution in [0.15, 0.2) is 65.6 Å². The molecule has 0 saturated heterocycles. The molecule has 4 rings (SSSR count). The normalized spacial score (nSPS) is 11.3. The molecule has 1 amide bonds. The highest BCUT2D eigenvalue weighted by molar-refractivity contribution is 7.92. The maximum absolute atomic E-state index is 13.0. The second-order valence-electron chi connectivity index (χ2n) is 7.44. The van der Waals surface area contributed by atoms with Crippen molar-refractivity contribution >= 4 is 61.3 Å². The topological polar surface area (TPSA) is 101 Å². The number of hydrogen-bond acceptors (Lipinski definition) is 6. The first-order chi connectivity index (χ1) is 16.1. The van der Waals surface area contributed by atoms with Crippen LogP contribution in [0.4, 0.5) is 10.8 Å². The molecular formula is C23H18Cl2N4O3S2. The molecule has 0 saturated carbocycles. The van der Waals surface area contributed by atoms with Crippen molar-refractivity contribution in [2.75, 3.05) is 10.0 Å². The van der Waals surface area contributed by atoms with E-state index in [0.29, 0.717) is 15.7 Å². The molecule has 174 valence electrons. The van der Waals surface area contributed by atoms with Gasteiger partial charge in [0.05, 0.1) is 10.7 Å². The summed E-state index contributed by atoms with van der Waals surface area (Å²) >= 11 is 13.3. The summed E-state index contributed by atoms with van der Waals surface area (Å²) in [7, 11) is -4.05. The summed E-state index contributed by atoms with van der Waals surface area (Å²) in [6, 6.07) is 16.5. The van der Waals surface area contributed by atoms with Gasteiger partial charge in [-0.1, -0.05) is 58.8 Å². The smallest absolute Gasteiger partial charge is 0.263 e. The van der Waals surface area contributed by atoms with Crippen molar-refractivity contribution in [3.8, 4) is 10.6 Å². The quantitative estimate of drug-likeness (QED) is 0.308. The largest absolute Gasteiger partial charge is 0.296 e. The lowest BCUT2D eigenvalue weighted by Crippen LogP contribution is -2.17. The summed E-state index contributed by atoms with van der Waals surface area (Å²) in [4.78, 5) is 12.6. The number of benzene rings is 3. The summed E-state index contributed by atoms with van der Waals surface area (Å²) in [5.74, 6) is -0.543. The van der Waals surface area contributed by atoms with Gasteiger partial charge in [0, 0.05) is 16.1 Å². The minimum Gasteiger partial charge on any atom is -0.296 e. The minimum absolute atomic E-state index is 0.00436. The molecule has 11 heteroatoms. The van der Waals surface area contributed by atoms with Gasteiger partial charge in [0.15, 0.2) is 0 Å². The number of sulfonamides is 1. The van der Waals surface area contributed by atoms with Crippen molar-refractivity contribution in [3.05, 3.63) is 87.4 Å². The van der Waals surface area contributed by atoms with Crippen LogP contribution in [0.1, 0.15) is 21.5 Å². The van der Waals surface area contributed by atoms with E-state index in [-0.39, 0.29) is 20.6 Å². The first-order valence-corrected chi connectivity index (χ1v) is 13.0. The van der Waals surface area contributed by atoms with Crippen molar-refractivity contribution < 1.29 is 13.2 Å². The van der Waals surface area contributed by atoms with Gasteiger partial charge in [0.25, 0.3) is 15.9 Å². The predicted octanol–water partition coefficient (Wildman–Crippen LogP) is 6.18. The lowest BCUT2D eigenvalue weighted by Gasteiger charge is -2.13. The molecule has 1 aromatic heterocycles. The van der Waals surface area contributed by atoms with Crippen LogP contribution in [-0.4, -0.2) is 24.5 Å². The Hall–Kier alpha value is -2.98. The average Bonchev–Trinajstić information content (AvgIpc) is 3.25. The Bertz CT molecular complexity index is 1490. The van der Waals surface area contributed by atoms with Gasteiger partial charge < -0.3 is 0 Å². The summed E-state index contributed by atoms with van der Waals surface area (Å²) in [5.41, 5.74) is 3.01. The molecule has 0 fully saturated rings. The summed E-state index contributed by atoms with van der Waals surface area (Å²) < 4.78 is 28.6. The third kappa shape index (κ3) is 5.39. The zero-order valence-electron chi connectivity index (χ0n) is 18.0. The number of aryl methyl sites for hydroxylation is 2. The first-order valence-electron chi connectivity index (χ1n) is 9.93. The maximum Gasteiger partial charge on any atom is 0.263 e. The van der Waals surface area contributed by atoms with Gasteiger partial charge in [0.1, 0.15) is 9.90 Å². The predicted molar refractivity (Wildman–Crippen MR) is 136 cm³/mol. The Morgan fingerprint density at radius 2 is 1.68 bits per heavy atom. The Morgan fingerprint density at radius 3 is 2.41 bits per heavy atom. The van der Waals surface area contributed by atoms with Crippen molar-refractivity contribution in [3.63, 3.8) is 0 Å². The molecule has 0 atom stereocenters. The van der Waals surface area contributed by atoms with Crippen LogP contribution in [0, 0.1) is 13.8 Å². The first kappa shape index (κ1) is 24.2. The Morgan fingerprint density at radius 1 is 0.941 bits per heavy atom. The fourth-order valence-electron chi connectivity index (χ4n) is 3.05. The van der Waals surface area contributed by atoms with E-state index in [2.05, 4.69) is 20.2 Å². The van der Waals surface area contributed by atoms with Gasteiger partial charge >= 0.3 is 0 Å². The van der Waals surface area contributed by atoms with Gasteiger partial charge in [0.2, 0.25) is 5.13 Å². The van der Waals surface area contributed by atoms with E-state index >= 15 is 0 Å². The molecule has 0 aliphatic heterocycles. The molecule has 7 nitrogen and oxygen atoms in total. The standard InChI is InChI=1S/C23H18Cl2N4O3S2/c1-13-3-4-14(2)19(11-13)29-34(31,32)20-12-16(7-10-18(20)25)21(30)26-23-28-27-22(33-23)15-5-8-17(24)9-6-15/h3-12,29H,1-2H3,(H,26,28,30). The van der Waals surface area contributed by atoms with E-state index in [1.807, 2.05) is 19.1 Å². The van der Waals surface area contributed by atoms with Crippen LogP contribution in [0.25, 0.3) is 10.6 Å². The molecule has 0 bridgehead atoms.